The lowest BCUT2D eigenvalue weighted by atomic mass is 9.94. The standard InChI is InChI=1S/C24H33N7O/c1-16-13-17(2)19-15-20(24(32)25-21(19)14-16)22(30-11-9-29(3)10-12-30)23-26-27-28-31(23)18-7-5-4-6-8-18/h13-15,18,22H,4-12H2,1-3H3,(H,25,32)/t22-/m1/s1. The van der Waals surface area contributed by atoms with Crippen LogP contribution >= 0.6 is 0 Å². The number of fused-ring (bicyclic) bond motifs is 1. The maximum Gasteiger partial charge on any atom is 0.253 e. The number of pyridine rings is 1. The summed E-state index contributed by atoms with van der Waals surface area (Å²) in [4.78, 5) is 21.3. The van der Waals surface area contributed by atoms with Crippen molar-refractivity contribution in [3.63, 3.8) is 0 Å². The van der Waals surface area contributed by atoms with Gasteiger partial charge in [-0.05, 0) is 67.4 Å². The molecule has 0 amide bonds. The van der Waals surface area contributed by atoms with Gasteiger partial charge in [0.15, 0.2) is 5.82 Å². The van der Waals surface area contributed by atoms with Crippen LogP contribution in [0, 0.1) is 13.8 Å². The van der Waals surface area contributed by atoms with Crippen molar-refractivity contribution in [2.24, 2.45) is 0 Å². The zero-order valence-electron chi connectivity index (χ0n) is 19.3. The highest BCUT2D eigenvalue weighted by Gasteiger charge is 2.34. The Hall–Kier alpha value is -2.58. The second-order valence-corrected chi connectivity index (χ2v) is 9.61. The summed E-state index contributed by atoms with van der Waals surface area (Å²) in [6.45, 7) is 7.85. The third kappa shape index (κ3) is 3.97. The molecule has 8 nitrogen and oxygen atoms in total. The maximum absolute atomic E-state index is 13.4. The lowest BCUT2D eigenvalue weighted by Crippen LogP contribution is -2.47. The lowest BCUT2D eigenvalue weighted by molar-refractivity contribution is 0.119. The summed E-state index contributed by atoms with van der Waals surface area (Å²) in [7, 11) is 2.15. The molecular weight excluding hydrogens is 402 g/mol. The van der Waals surface area contributed by atoms with E-state index < -0.39 is 0 Å². The molecule has 2 aliphatic rings. The van der Waals surface area contributed by atoms with E-state index in [0.717, 1.165) is 66.9 Å². The van der Waals surface area contributed by atoms with Gasteiger partial charge in [0.25, 0.3) is 5.56 Å². The van der Waals surface area contributed by atoms with E-state index >= 15 is 0 Å². The van der Waals surface area contributed by atoms with Gasteiger partial charge in [0, 0.05) is 42.6 Å². The van der Waals surface area contributed by atoms with Gasteiger partial charge in [0.2, 0.25) is 0 Å². The van der Waals surface area contributed by atoms with E-state index in [9.17, 15) is 4.79 Å². The zero-order chi connectivity index (χ0) is 22.2. The van der Waals surface area contributed by atoms with Crippen LogP contribution in [0.5, 0.6) is 0 Å². The Balaban J connectivity index is 1.64. The van der Waals surface area contributed by atoms with Crippen molar-refractivity contribution in [3.8, 4) is 0 Å². The van der Waals surface area contributed by atoms with Gasteiger partial charge in [-0.3, -0.25) is 9.69 Å². The number of rotatable bonds is 4. The van der Waals surface area contributed by atoms with Crippen molar-refractivity contribution < 1.29 is 0 Å². The number of aromatic nitrogens is 5. The quantitative estimate of drug-likeness (QED) is 0.678. The number of benzene rings is 1. The number of likely N-dealkylation sites (N-methyl/N-ethyl adjacent to an activating group) is 1. The smallest absolute Gasteiger partial charge is 0.253 e. The van der Waals surface area contributed by atoms with Crippen molar-refractivity contribution in [2.75, 3.05) is 33.2 Å². The summed E-state index contributed by atoms with van der Waals surface area (Å²) in [5, 5.41) is 14.1. The van der Waals surface area contributed by atoms with Crippen LogP contribution in [0.4, 0.5) is 0 Å². The molecule has 1 aliphatic heterocycles. The molecular formula is C24H33N7O. The van der Waals surface area contributed by atoms with Crippen molar-refractivity contribution >= 4 is 10.9 Å². The van der Waals surface area contributed by atoms with E-state index in [1.54, 1.807) is 0 Å². The molecule has 1 saturated heterocycles. The molecule has 0 unspecified atom stereocenters. The minimum atomic E-state index is -0.255. The largest absolute Gasteiger partial charge is 0.322 e. The van der Waals surface area contributed by atoms with Gasteiger partial charge in [0.1, 0.15) is 6.04 Å². The summed E-state index contributed by atoms with van der Waals surface area (Å²) in [5.74, 6) is 0.802. The molecule has 2 aromatic heterocycles. The molecule has 3 aromatic rings. The summed E-state index contributed by atoms with van der Waals surface area (Å²) in [6.07, 6.45) is 5.88. The van der Waals surface area contributed by atoms with Gasteiger partial charge in [-0.1, -0.05) is 25.3 Å². The summed E-state index contributed by atoms with van der Waals surface area (Å²) in [5.41, 5.74) is 3.89. The highest BCUT2D eigenvalue weighted by molar-refractivity contribution is 5.83. The fraction of sp³-hybridized carbons (Fsp3) is 0.583. The van der Waals surface area contributed by atoms with Crippen LogP contribution in [0.1, 0.15) is 66.7 Å². The second-order valence-electron chi connectivity index (χ2n) is 9.61. The average molecular weight is 436 g/mol. The topological polar surface area (TPSA) is 82.9 Å². The Morgan fingerprint density at radius 3 is 2.53 bits per heavy atom. The number of aromatic amines is 1. The Bertz CT molecular complexity index is 1150. The first-order valence-electron chi connectivity index (χ1n) is 11.9. The first-order chi connectivity index (χ1) is 15.5. The summed E-state index contributed by atoms with van der Waals surface area (Å²) >= 11 is 0. The number of nitrogens with one attached hydrogen (secondary N) is 1. The van der Waals surface area contributed by atoms with Crippen LogP contribution in [0.15, 0.2) is 23.0 Å². The van der Waals surface area contributed by atoms with Gasteiger partial charge in [0.05, 0.1) is 6.04 Å². The fourth-order valence-electron chi connectivity index (χ4n) is 5.44. The lowest BCUT2D eigenvalue weighted by Gasteiger charge is -2.37. The maximum atomic E-state index is 13.4. The van der Waals surface area contributed by atoms with Gasteiger partial charge in [-0.2, -0.15) is 0 Å². The molecule has 0 spiro atoms. The second kappa shape index (κ2) is 8.75. The van der Waals surface area contributed by atoms with Crippen LogP contribution in [0.2, 0.25) is 0 Å². The molecule has 1 saturated carbocycles. The van der Waals surface area contributed by atoms with Crippen molar-refractivity contribution in [1.29, 1.82) is 0 Å². The van der Waals surface area contributed by atoms with E-state index in [2.05, 4.69) is 63.3 Å². The number of aryl methyl sites for hydroxylation is 2. The molecule has 1 atom stereocenters. The normalized spacial score (nSPS) is 20.1. The highest BCUT2D eigenvalue weighted by Crippen LogP contribution is 2.33. The van der Waals surface area contributed by atoms with Crippen molar-refractivity contribution in [2.45, 2.75) is 58.0 Å². The molecule has 8 heteroatoms. The van der Waals surface area contributed by atoms with Gasteiger partial charge < -0.3 is 9.88 Å². The summed E-state index contributed by atoms with van der Waals surface area (Å²) in [6, 6.07) is 6.35. The van der Waals surface area contributed by atoms with E-state index in [-0.39, 0.29) is 11.6 Å². The number of hydrogen-bond acceptors (Lipinski definition) is 6. The minimum absolute atomic E-state index is 0.0513. The first-order valence-corrected chi connectivity index (χ1v) is 11.9. The number of piperazine rings is 1. The monoisotopic (exact) mass is 435 g/mol. The zero-order valence-corrected chi connectivity index (χ0v) is 19.3. The van der Waals surface area contributed by atoms with E-state index in [1.165, 1.54) is 24.8 Å². The molecule has 32 heavy (non-hydrogen) atoms. The minimum Gasteiger partial charge on any atom is -0.322 e. The molecule has 1 N–H and O–H groups in total. The van der Waals surface area contributed by atoms with Crippen molar-refractivity contribution in [3.05, 3.63) is 51.1 Å². The number of nitrogens with zero attached hydrogens (tertiary/aromatic N) is 6. The number of hydrogen-bond donors (Lipinski definition) is 1. The summed E-state index contributed by atoms with van der Waals surface area (Å²) < 4.78 is 2.02. The van der Waals surface area contributed by atoms with Crippen LogP contribution in [0.25, 0.3) is 10.9 Å². The third-order valence-corrected chi connectivity index (χ3v) is 7.22. The van der Waals surface area contributed by atoms with Crippen LogP contribution in [-0.2, 0) is 0 Å². The first kappa shape index (κ1) is 21.3. The van der Waals surface area contributed by atoms with Crippen LogP contribution in [-0.4, -0.2) is 68.2 Å². The Morgan fingerprint density at radius 2 is 1.78 bits per heavy atom. The highest BCUT2D eigenvalue weighted by atomic mass is 16.1. The molecule has 0 radical (unpaired) electrons. The Morgan fingerprint density at radius 1 is 1.03 bits per heavy atom. The molecule has 3 heterocycles. The van der Waals surface area contributed by atoms with E-state index in [4.69, 9.17) is 0 Å². The fourth-order valence-corrected chi connectivity index (χ4v) is 5.44. The molecule has 170 valence electrons. The Labute approximate surface area is 188 Å². The predicted molar refractivity (Wildman–Crippen MR) is 125 cm³/mol. The van der Waals surface area contributed by atoms with Gasteiger partial charge >= 0.3 is 0 Å². The predicted octanol–water partition coefficient (Wildman–Crippen LogP) is 2.97. The van der Waals surface area contributed by atoms with Gasteiger partial charge in [-0.15, -0.1) is 5.10 Å². The number of tetrazole rings is 1. The molecule has 1 aromatic carbocycles. The molecule has 2 fully saturated rings. The third-order valence-electron chi connectivity index (χ3n) is 7.22. The number of H-pyrrole nitrogens is 1. The van der Waals surface area contributed by atoms with Gasteiger partial charge in [-0.25, -0.2) is 4.68 Å². The molecule has 5 rings (SSSR count). The Kier molecular flexibility index (Phi) is 5.82. The van der Waals surface area contributed by atoms with Crippen LogP contribution < -0.4 is 5.56 Å². The average Bonchev–Trinajstić information content (AvgIpc) is 3.26. The molecule has 1 aliphatic carbocycles. The SMILES string of the molecule is Cc1cc(C)c2cc([C@H](c3nnnn3C3CCCCC3)N3CCN(C)CC3)c(=O)[nH]c2c1. The van der Waals surface area contributed by atoms with E-state index in [0.29, 0.717) is 6.04 Å². The van der Waals surface area contributed by atoms with Crippen LogP contribution in [0.3, 0.4) is 0 Å². The van der Waals surface area contributed by atoms with Crippen molar-refractivity contribution in [1.82, 2.24) is 35.0 Å². The molecule has 0 bridgehead atoms. The van der Waals surface area contributed by atoms with E-state index in [1.807, 2.05) is 10.7 Å².